The number of hydrogen-bond donors (Lipinski definition) is 2. The van der Waals surface area contributed by atoms with Crippen molar-refractivity contribution in [2.24, 2.45) is 0 Å². The van der Waals surface area contributed by atoms with Gasteiger partial charge in [-0.15, -0.1) is 0 Å². The first-order valence-electron chi connectivity index (χ1n) is 13.3. The van der Waals surface area contributed by atoms with E-state index in [4.69, 9.17) is 9.72 Å². The van der Waals surface area contributed by atoms with Crippen LogP contribution in [-0.2, 0) is 17.8 Å². The summed E-state index contributed by atoms with van der Waals surface area (Å²) in [6.45, 7) is 3.49. The van der Waals surface area contributed by atoms with Crippen molar-refractivity contribution in [2.75, 3.05) is 31.6 Å². The van der Waals surface area contributed by atoms with Crippen LogP contribution in [-0.4, -0.2) is 57.7 Å². The second-order valence-electron chi connectivity index (χ2n) is 10.5. The van der Waals surface area contributed by atoms with Crippen molar-refractivity contribution in [1.82, 2.24) is 24.6 Å². The molecule has 2 fully saturated rings. The van der Waals surface area contributed by atoms with Crippen LogP contribution in [0.15, 0.2) is 48.8 Å². The van der Waals surface area contributed by atoms with E-state index in [9.17, 15) is 13.6 Å². The number of ether oxygens (including phenoxy) is 1. The van der Waals surface area contributed by atoms with Crippen molar-refractivity contribution >= 4 is 23.1 Å². The van der Waals surface area contributed by atoms with Crippen molar-refractivity contribution in [3.63, 3.8) is 0 Å². The number of aromatic nitrogens is 3. The number of nitrogens with zero attached hydrogens (tertiary/aromatic N) is 4. The molecule has 200 valence electrons. The summed E-state index contributed by atoms with van der Waals surface area (Å²) in [5.41, 5.74) is 6.26. The van der Waals surface area contributed by atoms with Crippen LogP contribution in [0.25, 0.3) is 16.9 Å². The van der Waals surface area contributed by atoms with E-state index < -0.39 is 6.17 Å². The number of halogens is 2. The van der Waals surface area contributed by atoms with Crippen LogP contribution in [0.2, 0.25) is 0 Å². The topological polar surface area (TPSA) is 83.8 Å². The molecule has 3 aromatic heterocycles. The predicted molar refractivity (Wildman–Crippen MR) is 142 cm³/mol. The Bertz CT molecular complexity index is 1580. The van der Waals surface area contributed by atoms with Gasteiger partial charge in [-0.2, -0.15) is 0 Å². The highest BCUT2D eigenvalue weighted by molar-refractivity contribution is 6.06. The molecular weight excluding hydrogens is 502 g/mol. The van der Waals surface area contributed by atoms with Gasteiger partial charge in [0.15, 0.2) is 0 Å². The molecule has 8 nitrogen and oxygen atoms in total. The Morgan fingerprint density at radius 3 is 2.92 bits per heavy atom. The number of likely N-dealkylation sites (tertiary alicyclic amines) is 1. The van der Waals surface area contributed by atoms with Gasteiger partial charge < -0.3 is 15.4 Å². The first-order chi connectivity index (χ1) is 19.0. The van der Waals surface area contributed by atoms with E-state index in [1.165, 1.54) is 12.1 Å². The molecule has 2 N–H and O–H groups in total. The minimum absolute atomic E-state index is 0.166. The zero-order valence-corrected chi connectivity index (χ0v) is 21.3. The molecule has 0 bridgehead atoms. The highest BCUT2D eigenvalue weighted by Crippen LogP contribution is 2.36. The number of alkyl halides is 1. The van der Waals surface area contributed by atoms with Gasteiger partial charge in [0.05, 0.1) is 35.4 Å². The second-order valence-corrected chi connectivity index (χ2v) is 10.5. The highest BCUT2D eigenvalue weighted by atomic mass is 19.1. The normalized spacial score (nSPS) is 21.0. The molecule has 0 unspecified atom stereocenters. The third kappa shape index (κ3) is 4.43. The number of amides is 1. The Hall–Kier alpha value is -3.89. The molecule has 6 heterocycles. The number of anilines is 2. The summed E-state index contributed by atoms with van der Waals surface area (Å²) in [7, 11) is 0. The van der Waals surface area contributed by atoms with Crippen LogP contribution >= 0.6 is 0 Å². The fourth-order valence-corrected chi connectivity index (χ4v) is 5.99. The van der Waals surface area contributed by atoms with E-state index in [2.05, 4.69) is 26.6 Å². The number of carbonyl (C=O) groups is 1. The molecule has 39 heavy (non-hydrogen) atoms. The largest absolute Gasteiger partial charge is 0.381 e. The number of benzene rings is 1. The zero-order valence-electron chi connectivity index (χ0n) is 21.3. The van der Waals surface area contributed by atoms with E-state index in [1.807, 2.05) is 22.6 Å². The number of pyridine rings is 2. The average molecular weight is 531 g/mol. The van der Waals surface area contributed by atoms with Crippen molar-refractivity contribution in [2.45, 2.75) is 38.0 Å². The van der Waals surface area contributed by atoms with Gasteiger partial charge in [0.2, 0.25) is 0 Å². The Kier molecular flexibility index (Phi) is 6.01. The van der Waals surface area contributed by atoms with E-state index in [0.29, 0.717) is 61.9 Å². The van der Waals surface area contributed by atoms with Crippen molar-refractivity contribution in [3.05, 3.63) is 77.0 Å². The summed E-state index contributed by atoms with van der Waals surface area (Å²) in [4.78, 5) is 24.4. The van der Waals surface area contributed by atoms with Gasteiger partial charge in [-0.25, -0.2) is 18.7 Å². The molecule has 2 saturated heterocycles. The molecule has 0 radical (unpaired) electrons. The second kappa shape index (κ2) is 9.69. The van der Waals surface area contributed by atoms with Gasteiger partial charge in [0.25, 0.3) is 5.91 Å². The first kappa shape index (κ1) is 24.2. The molecule has 2 atom stereocenters. The molecular formula is C29H28F2N6O2. The molecule has 7 rings (SSSR count). The Labute approximate surface area is 224 Å². The van der Waals surface area contributed by atoms with Crippen LogP contribution in [0.1, 0.15) is 45.9 Å². The number of rotatable bonds is 6. The summed E-state index contributed by atoms with van der Waals surface area (Å²) in [5, 5.41) is 6.31. The van der Waals surface area contributed by atoms with Crippen LogP contribution in [0.4, 0.5) is 20.3 Å². The molecule has 0 spiro atoms. The number of nitrogens with one attached hydrogen (secondary N) is 2. The molecule has 10 heteroatoms. The van der Waals surface area contributed by atoms with Gasteiger partial charge in [0, 0.05) is 56.5 Å². The number of carbonyl (C=O) groups excluding carboxylic acids is 1. The number of imidazole rings is 1. The van der Waals surface area contributed by atoms with E-state index in [-0.39, 0.29) is 17.6 Å². The van der Waals surface area contributed by atoms with Crippen LogP contribution in [0, 0.1) is 5.82 Å². The molecule has 4 aromatic rings. The zero-order chi connectivity index (χ0) is 26.5. The Morgan fingerprint density at radius 1 is 1.18 bits per heavy atom. The number of fused-ring (bicyclic) bond motifs is 2. The van der Waals surface area contributed by atoms with Crippen LogP contribution in [0.3, 0.4) is 0 Å². The standard InChI is InChI=1S/C29H28F2N6O2/c30-18-6-9-37-25(13-32-27(37)11-18)21-1-3-23(28-22(21)12-33-29(28)38)34-26-4-2-20(17-7-10-39-16-17)24(35-26)15-36-8-5-19(31)14-36/h1-4,6,9,11,13,17,19H,5,7-8,10,12,14-16H2,(H,33,38)(H,34,35)/t17-,19-/m0/s1. The Morgan fingerprint density at radius 2 is 2.10 bits per heavy atom. The smallest absolute Gasteiger partial charge is 0.254 e. The molecule has 0 saturated carbocycles. The maximum Gasteiger partial charge on any atom is 0.254 e. The lowest BCUT2D eigenvalue weighted by atomic mass is 9.96. The van der Waals surface area contributed by atoms with Crippen molar-refractivity contribution in [1.29, 1.82) is 0 Å². The molecule has 1 aromatic carbocycles. The predicted octanol–water partition coefficient (Wildman–Crippen LogP) is 4.57. The number of hydrogen-bond acceptors (Lipinski definition) is 6. The molecule has 1 amide bonds. The third-order valence-corrected chi connectivity index (χ3v) is 7.95. The third-order valence-electron chi connectivity index (χ3n) is 7.95. The fourth-order valence-electron chi connectivity index (χ4n) is 5.99. The minimum Gasteiger partial charge on any atom is -0.381 e. The minimum atomic E-state index is -0.795. The average Bonchev–Trinajstić information content (AvgIpc) is 3.73. The molecule has 3 aliphatic heterocycles. The summed E-state index contributed by atoms with van der Waals surface area (Å²) in [6, 6.07) is 10.6. The van der Waals surface area contributed by atoms with Crippen LogP contribution in [0.5, 0.6) is 0 Å². The summed E-state index contributed by atoms with van der Waals surface area (Å²) >= 11 is 0. The van der Waals surface area contributed by atoms with Crippen molar-refractivity contribution < 1.29 is 18.3 Å². The molecule has 3 aliphatic rings. The SMILES string of the molecule is O=C1NCc2c(-c3cnc4cc(F)ccn34)ccc(Nc3ccc([C@H]4CCOC4)c(CN4CC[C@H](F)C4)n3)c21. The fraction of sp³-hybridized carbons (Fsp3) is 0.345. The van der Waals surface area contributed by atoms with E-state index in [1.54, 1.807) is 12.4 Å². The summed E-state index contributed by atoms with van der Waals surface area (Å²) < 4.78 is 35.0. The summed E-state index contributed by atoms with van der Waals surface area (Å²) in [5.74, 6) is 0.385. The lowest BCUT2D eigenvalue weighted by Crippen LogP contribution is -2.23. The molecule has 0 aliphatic carbocycles. The monoisotopic (exact) mass is 530 g/mol. The maximum atomic E-state index is 13.9. The lowest BCUT2D eigenvalue weighted by molar-refractivity contribution is 0.0966. The quantitative estimate of drug-likeness (QED) is 0.380. The van der Waals surface area contributed by atoms with E-state index >= 15 is 0 Å². The van der Waals surface area contributed by atoms with Gasteiger partial charge in [0.1, 0.15) is 23.5 Å². The van der Waals surface area contributed by atoms with Gasteiger partial charge >= 0.3 is 0 Å². The van der Waals surface area contributed by atoms with Crippen molar-refractivity contribution in [3.8, 4) is 11.3 Å². The van der Waals surface area contributed by atoms with Gasteiger partial charge in [-0.3, -0.25) is 14.1 Å². The summed E-state index contributed by atoms with van der Waals surface area (Å²) in [6.07, 6.45) is 4.03. The Balaban J connectivity index is 1.24. The van der Waals surface area contributed by atoms with Crippen LogP contribution < -0.4 is 10.6 Å². The van der Waals surface area contributed by atoms with Gasteiger partial charge in [-0.05, 0) is 42.2 Å². The highest BCUT2D eigenvalue weighted by Gasteiger charge is 2.29. The maximum absolute atomic E-state index is 13.9. The lowest BCUT2D eigenvalue weighted by Gasteiger charge is -2.20. The van der Waals surface area contributed by atoms with Gasteiger partial charge in [-0.1, -0.05) is 12.1 Å². The first-order valence-corrected chi connectivity index (χ1v) is 13.3. The van der Waals surface area contributed by atoms with E-state index in [0.717, 1.165) is 41.1 Å².